The number of ether oxygens (including phenoxy) is 2. The highest BCUT2D eigenvalue weighted by Crippen LogP contribution is 2.40. The SMILES string of the molecule is C#Cc1c(F)ccc2cc(O)cc(-c3ncc4c(N5CC6CCC(C5)N6)nc(OC[C@@H]5CCCN5CCCOCCC(=O)N[C@H](C(=O)N5C[C@H](O)C[C@H]5C(=O)N[C@@H](C)c5ccc(-c6cc(F)c(F)c(F)c6)cc5)C(C)(C)C)nc4c3F)c12. The smallest absolute Gasteiger partial charge is 0.319 e. The van der Waals surface area contributed by atoms with Crippen LogP contribution in [0.1, 0.15) is 89.8 Å². The Kier molecular flexibility index (Phi) is 17.0. The molecule has 2 unspecified atom stereocenters. The van der Waals surface area contributed by atoms with Crippen LogP contribution in [-0.2, 0) is 19.1 Å². The van der Waals surface area contributed by atoms with Crippen molar-refractivity contribution in [1.82, 2.24) is 40.7 Å². The summed E-state index contributed by atoms with van der Waals surface area (Å²) in [5, 5.41) is 31.8. The van der Waals surface area contributed by atoms with Crippen LogP contribution in [0.5, 0.6) is 11.8 Å². The number of β-amino-alcohol motifs (C(OH)–C–C–N with tert-alkyl or cyclic N) is 1. The second-order valence-corrected chi connectivity index (χ2v) is 22.9. The van der Waals surface area contributed by atoms with Crippen molar-refractivity contribution in [1.29, 1.82) is 0 Å². The molecular formula is C61H66F5N9O7. The van der Waals surface area contributed by atoms with E-state index in [9.17, 15) is 37.8 Å². The van der Waals surface area contributed by atoms with Gasteiger partial charge >= 0.3 is 6.01 Å². The van der Waals surface area contributed by atoms with Crippen molar-refractivity contribution in [3.8, 4) is 46.5 Å². The van der Waals surface area contributed by atoms with E-state index in [1.807, 2.05) is 0 Å². The lowest BCUT2D eigenvalue weighted by Crippen LogP contribution is -2.58. The maximum atomic E-state index is 17.1. The van der Waals surface area contributed by atoms with Crippen LogP contribution in [0, 0.1) is 46.8 Å². The number of anilines is 1. The lowest BCUT2D eigenvalue weighted by atomic mass is 9.85. The molecule has 10 rings (SSSR count). The number of phenols is 1. The molecule has 16 nitrogen and oxygen atoms in total. The van der Waals surface area contributed by atoms with E-state index in [-0.39, 0.29) is 95.8 Å². The van der Waals surface area contributed by atoms with Gasteiger partial charge in [0.05, 0.1) is 29.7 Å². The Labute approximate surface area is 471 Å². The number of hydrogen-bond acceptors (Lipinski definition) is 13. The van der Waals surface area contributed by atoms with Gasteiger partial charge in [-0.2, -0.15) is 9.97 Å². The molecule has 0 saturated carbocycles. The first kappa shape index (κ1) is 57.7. The zero-order valence-corrected chi connectivity index (χ0v) is 46.1. The van der Waals surface area contributed by atoms with E-state index >= 15 is 8.78 Å². The average Bonchev–Trinajstić information content (AvgIpc) is 4.30. The molecule has 4 saturated heterocycles. The number of rotatable bonds is 18. The molecule has 4 aromatic carbocycles. The Bertz CT molecular complexity index is 3420. The fraction of sp³-hybridized carbons (Fsp3) is 0.443. The van der Waals surface area contributed by atoms with Crippen molar-refractivity contribution >= 4 is 45.2 Å². The summed E-state index contributed by atoms with van der Waals surface area (Å²) in [6, 6.07) is 11.5. The molecule has 7 atom stereocenters. The summed E-state index contributed by atoms with van der Waals surface area (Å²) in [7, 11) is 0. The maximum absolute atomic E-state index is 17.1. The van der Waals surface area contributed by atoms with Crippen molar-refractivity contribution in [3.63, 3.8) is 0 Å². The zero-order chi connectivity index (χ0) is 58.1. The molecule has 82 heavy (non-hydrogen) atoms. The number of hydrogen-bond donors (Lipinski definition) is 5. The minimum absolute atomic E-state index is 0.00880. The first-order valence-electron chi connectivity index (χ1n) is 27.8. The number of likely N-dealkylation sites (tertiary alicyclic amines) is 2. The first-order valence-corrected chi connectivity index (χ1v) is 27.8. The van der Waals surface area contributed by atoms with Gasteiger partial charge in [0.1, 0.15) is 47.3 Å². The van der Waals surface area contributed by atoms with Crippen LogP contribution >= 0.6 is 0 Å². The molecule has 4 fully saturated rings. The third kappa shape index (κ3) is 12.3. The van der Waals surface area contributed by atoms with Gasteiger partial charge in [-0.15, -0.1) is 6.42 Å². The Morgan fingerprint density at radius 3 is 2.33 bits per heavy atom. The van der Waals surface area contributed by atoms with Crippen LogP contribution in [-0.4, -0.2) is 142 Å². The molecule has 4 aliphatic heterocycles. The van der Waals surface area contributed by atoms with Crippen LogP contribution in [0.4, 0.5) is 27.8 Å². The minimum Gasteiger partial charge on any atom is -0.508 e. The number of aliphatic hydroxyl groups excluding tert-OH is 1. The molecule has 2 bridgehead atoms. The van der Waals surface area contributed by atoms with Gasteiger partial charge in [0.2, 0.25) is 17.7 Å². The van der Waals surface area contributed by atoms with Gasteiger partial charge in [-0.1, -0.05) is 57.0 Å². The van der Waals surface area contributed by atoms with Gasteiger partial charge in [-0.3, -0.25) is 24.3 Å². The van der Waals surface area contributed by atoms with E-state index in [1.54, 1.807) is 52.0 Å². The first-order chi connectivity index (χ1) is 39.2. The zero-order valence-electron chi connectivity index (χ0n) is 46.1. The number of fused-ring (bicyclic) bond motifs is 4. The topological polar surface area (TPSA) is 195 Å². The molecule has 0 radical (unpaired) electrons. The van der Waals surface area contributed by atoms with Crippen molar-refractivity contribution in [2.24, 2.45) is 5.41 Å². The summed E-state index contributed by atoms with van der Waals surface area (Å²) in [4.78, 5) is 61.1. The summed E-state index contributed by atoms with van der Waals surface area (Å²) in [5.74, 6) is -4.42. The highest BCUT2D eigenvalue weighted by Gasteiger charge is 2.45. The molecule has 21 heteroatoms. The van der Waals surface area contributed by atoms with Gasteiger partial charge in [-0.25, -0.2) is 22.0 Å². The largest absolute Gasteiger partial charge is 0.508 e. The number of halogens is 5. The van der Waals surface area contributed by atoms with Crippen LogP contribution < -0.4 is 25.6 Å². The third-order valence-corrected chi connectivity index (χ3v) is 16.1. The number of piperazine rings is 1. The summed E-state index contributed by atoms with van der Waals surface area (Å²) in [6.07, 6.45) is 10.6. The maximum Gasteiger partial charge on any atom is 0.319 e. The Balaban J connectivity index is 0.729. The number of aliphatic hydroxyl groups is 1. The number of aromatic nitrogens is 3. The molecule has 6 aromatic rings. The average molecular weight is 1130 g/mol. The van der Waals surface area contributed by atoms with E-state index in [1.165, 1.54) is 35.4 Å². The molecule has 3 amide bonds. The van der Waals surface area contributed by atoms with Crippen LogP contribution in [0.3, 0.4) is 0 Å². The fourth-order valence-electron chi connectivity index (χ4n) is 11.9. The number of terminal acetylenes is 1. The molecule has 0 aliphatic carbocycles. The van der Waals surface area contributed by atoms with Crippen molar-refractivity contribution in [2.45, 2.75) is 115 Å². The van der Waals surface area contributed by atoms with Crippen molar-refractivity contribution in [2.75, 3.05) is 57.4 Å². The third-order valence-electron chi connectivity index (χ3n) is 16.1. The quantitative estimate of drug-likeness (QED) is 0.0242. The molecule has 432 valence electrons. The highest BCUT2D eigenvalue weighted by molar-refractivity contribution is 6.03. The van der Waals surface area contributed by atoms with Gasteiger partial charge in [0, 0.05) is 80.9 Å². The number of nitrogens with zero attached hydrogens (tertiary/aromatic N) is 6. The van der Waals surface area contributed by atoms with Crippen molar-refractivity contribution < 1.29 is 56.0 Å². The number of nitrogens with one attached hydrogen (secondary N) is 3. The molecule has 4 aliphatic rings. The monoisotopic (exact) mass is 1130 g/mol. The number of aromatic hydroxyl groups is 1. The number of phenolic OH excluding ortho intramolecular Hbond substituents is 1. The van der Waals surface area contributed by atoms with E-state index in [0.29, 0.717) is 60.4 Å². The predicted octanol–water partition coefficient (Wildman–Crippen LogP) is 7.85. The van der Waals surface area contributed by atoms with E-state index in [4.69, 9.17) is 20.9 Å². The summed E-state index contributed by atoms with van der Waals surface area (Å²) in [5.41, 5.74) is 0.245. The Hall–Kier alpha value is -7.51. The molecule has 5 N–H and O–H groups in total. The van der Waals surface area contributed by atoms with Gasteiger partial charge in [0.15, 0.2) is 23.3 Å². The van der Waals surface area contributed by atoms with Gasteiger partial charge < -0.3 is 45.4 Å². The Morgan fingerprint density at radius 1 is 0.890 bits per heavy atom. The molecule has 2 aromatic heterocycles. The normalized spacial score (nSPS) is 20.8. The number of pyridine rings is 1. The van der Waals surface area contributed by atoms with Crippen LogP contribution in [0.25, 0.3) is 44.1 Å². The number of benzene rings is 4. The van der Waals surface area contributed by atoms with Crippen LogP contribution in [0.2, 0.25) is 0 Å². The summed E-state index contributed by atoms with van der Waals surface area (Å²) < 4.78 is 85.8. The highest BCUT2D eigenvalue weighted by atomic mass is 19.2. The fourth-order valence-corrected chi connectivity index (χ4v) is 11.9. The standard InChI is InChI=1S/C61H66F5N9O7/c1-6-43-46(62)17-14-36-23-41(76)26-44(51(36)43)54-53(66)55-45(28-67-54)57(74-29-38-15-16-39(30-74)69-38)72-60(71-55)82-32-40-9-7-19-73(40)20-8-21-81-22-18-50(78)70-56(61(3,4)5)59(80)75-31-42(77)27-49(75)58(79)68-33(2)34-10-12-35(13-11-34)37-24-47(63)52(65)48(64)25-37/h1,10-14,17,23-26,28,33,38-40,42,49,56,69,76-77H,7-9,15-16,18-22,27,29-32H2,2-5H3,(H,68,79)(H,70,78)/t33-,38?,39?,40-,42+,49-,56+/m0/s1. The number of carbonyl (C=O) groups excluding carboxylic acids is 3. The minimum atomic E-state index is -1.56. The molecular weight excluding hydrogens is 1070 g/mol. The second-order valence-electron chi connectivity index (χ2n) is 22.9. The van der Waals surface area contributed by atoms with Crippen LogP contribution in [0.15, 0.2) is 66.9 Å². The van der Waals surface area contributed by atoms with E-state index in [2.05, 4.69) is 41.6 Å². The van der Waals surface area contributed by atoms with E-state index < -0.39 is 76.5 Å². The van der Waals surface area contributed by atoms with Crippen molar-refractivity contribution in [3.05, 3.63) is 107 Å². The number of carbonyl (C=O) groups is 3. The lowest BCUT2D eigenvalue weighted by molar-refractivity contribution is -0.144. The van der Waals surface area contributed by atoms with Gasteiger partial charge in [0.25, 0.3) is 0 Å². The molecule has 0 spiro atoms. The molecule has 6 heterocycles. The Morgan fingerprint density at radius 2 is 1.62 bits per heavy atom. The predicted molar refractivity (Wildman–Crippen MR) is 298 cm³/mol. The second kappa shape index (κ2) is 24.1. The summed E-state index contributed by atoms with van der Waals surface area (Å²) in [6.45, 7) is 10.4. The summed E-state index contributed by atoms with van der Waals surface area (Å²) >= 11 is 0. The van der Waals surface area contributed by atoms with Gasteiger partial charge in [-0.05, 0) is 103 Å². The lowest BCUT2D eigenvalue weighted by Gasteiger charge is -2.35. The number of amides is 3. The van der Waals surface area contributed by atoms with E-state index in [0.717, 1.165) is 44.4 Å².